The van der Waals surface area contributed by atoms with E-state index in [4.69, 9.17) is 0 Å². The molecule has 1 fully saturated rings. The molecule has 2 heterocycles. The Labute approximate surface area is 195 Å². The van der Waals surface area contributed by atoms with Crippen molar-refractivity contribution in [3.05, 3.63) is 102 Å². The number of aromatic nitrogens is 1. The first kappa shape index (κ1) is 22.5. The molecule has 1 saturated heterocycles. The highest BCUT2D eigenvalue weighted by Gasteiger charge is 2.32. The fraction of sp³-hybridized carbons (Fsp3) is 0.250. The molecule has 2 aromatic carbocycles. The number of hydrogen-bond acceptors (Lipinski definition) is 3. The molecule has 33 heavy (non-hydrogen) atoms. The van der Waals surface area contributed by atoms with Gasteiger partial charge in [-0.1, -0.05) is 60.2 Å². The van der Waals surface area contributed by atoms with E-state index in [1.807, 2.05) is 17.0 Å². The summed E-state index contributed by atoms with van der Waals surface area (Å²) >= 11 is 0. The summed E-state index contributed by atoms with van der Waals surface area (Å²) < 4.78 is 0. The second kappa shape index (κ2) is 10.3. The van der Waals surface area contributed by atoms with Gasteiger partial charge >= 0.3 is 0 Å². The number of aryl methyl sites for hydroxylation is 1. The first-order valence-electron chi connectivity index (χ1n) is 11.3. The fourth-order valence-corrected chi connectivity index (χ4v) is 4.37. The maximum atomic E-state index is 13.5. The molecule has 0 saturated carbocycles. The van der Waals surface area contributed by atoms with E-state index >= 15 is 0 Å². The van der Waals surface area contributed by atoms with Crippen molar-refractivity contribution in [2.45, 2.75) is 13.3 Å². The van der Waals surface area contributed by atoms with Gasteiger partial charge in [0.25, 0.3) is 5.91 Å². The Bertz CT molecular complexity index is 1130. The number of rotatable bonds is 6. The van der Waals surface area contributed by atoms with Crippen LogP contribution in [-0.4, -0.2) is 52.8 Å². The van der Waals surface area contributed by atoms with E-state index in [1.54, 1.807) is 35.5 Å². The highest BCUT2D eigenvalue weighted by Crippen LogP contribution is 2.28. The summed E-state index contributed by atoms with van der Waals surface area (Å²) in [6.07, 6.45) is 5.55. The Kier molecular flexibility index (Phi) is 6.98. The van der Waals surface area contributed by atoms with Crippen LogP contribution >= 0.6 is 0 Å². The molecule has 0 unspecified atom stereocenters. The van der Waals surface area contributed by atoms with Gasteiger partial charge in [-0.3, -0.25) is 14.6 Å². The van der Waals surface area contributed by atoms with E-state index in [-0.39, 0.29) is 17.7 Å². The van der Waals surface area contributed by atoms with Crippen molar-refractivity contribution in [1.82, 2.24) is 14.8 Å². The van der Waals surface area contributed by atoms with Crippen LogP contribution < -0.4 is 0 Å². The first-order chi connectivity index (χ1) is 16.1. The minimum Gasteiger partial charge on any atom is -0.337 e. The zero-order valence-electron chi connectivity index (χ0n) is 19.0. The molecule has 0 spiro atoms. The van der Waals surface area contributed by atoms with E-state index in [9.17, 15) is 9.59 Å². The minimum atomic E-state index is -0.329. The maximum Gasteiger partial charge on any atom is 0.254 e. The molecule has 1 aromatic heterocycles. The normalized spacial score (nSPS) is 16.4. The summed E-state index contributed by atoms with van der Waals surface area (Å²) in [7, 11) is 0. The second-order valence-corrected chi connectivity index (χ2v) is 8.48. The number of nitrogens with zero attached hydrogens (tertiary/aromatic N) is 3. The van der Waals surface area contributed by atoms with E-state index in [0.29, 0.717) is 38.2 Å². The first-order valence-corrected chi connectivity index (χ1v) is 11.3. The van der Waals surface area contributed by atoms with Crippen molar-refractivity contribution >= 4 is 11.8 Å². The molecule has 1 aliphatic rings. The molecular formula is C28H29N3O2. The standard InChI is InChI=1S/C28H29N3O2/c1-3-16-30-17-18-31(27(32)23-12-14-29-15-13-23)20-25(28(30)33)19-24-6-4-5-7-26(24)22-10-8-21(2)9-11-22/h3-15,25H,1,16-20H2,2H3/t25-/m1/s1. The van der Waals surface area contributed by atoms with Gasteiger partial charge in [0.15, 0.2) is 0 Å². The Morgan fingerprint density at radius 2 is 1.79 bits per heavy atom. The summed E-state index contributed by atoms with van der Waals surface area (Å²) in [5.41, 5.74) is 5.16. The third-order valence-corrected chi connectivity index (χ3v) is 6.15. The molecule has 1 atom stereocenters. The smallest absolute Gasteiger partial charge is 0.254 e. The highest BCUT2D eigenvalue weighted by atomic mass is 16.2. The van der Waals surface area contributed by atoms with Crippen LogP contribution in [0.3, 0.4) is 0 Å². The summed E-state index contributed by atoms with van der Waals surface area (Å²) in [5, 5.41) is 0. The predicted molar refractivity (Wildman–Crippen MR) is 131 cm³/mol. The molecule has 0 bridgehead atoms. The van der Waals surface area contributed by atoms with Crippen LogP contribution in [-0.2, 0) is 11.2 Å². The van der Waals surface area contributed by atoms with Crippen molar-refractivity contribution in [1.29, 1.82) is 0 Å². The highest BCUT2D eigenvalue weighted by molar-refractivity contribution is 5.94. The summed E-state index contributed by atoms with van der Waals surface area (Å²) in [4.78, 5) is 34.3. The van der Waals surface area contributed by atoms with Gasteiger partial charge in [0.05, 0.1) is 5.92 Å². The van der Waals surface area contributed by atoms with E-state index in [1.165, 1.54) is 5.56 Å². The number of benzene rings is 2. The molecule has 0 N–H and O–H groups in total. The van der Waals surface area contributed by atoms with E-state index in [0.717, 1.165) is 16.7 Å². The molecule has 5 nitrogen and oxygen atoms in total. The molecule has 3 aromatic rings. The lowest BCUT2D eigenvalue weighted by Gasteiger charge is -2.24. The zero-order chi connectivity index (χ0) is 23.2. The number of carbonyl (C=O) groups is 2. The van der Waals surface area contributed by atoms with E-state index in [2.05, 4.69) is 54.9 Å². The molecule has 168 valence electrons. The lowest BCUT2D eigenvalue weighted by Crippen LogP contribution is -2.38. The third kappa shape index (κ3) is 5.20. The summed E-state index contributed by atoms with van der Waals surface area (Å²) in [6, 6.07) is 20.1. The number of hydrogen-bond donors (Lipinski definition) is 0. The topological polar surface area (TPSA) is 53.5 Å². The predicted octanol–water partition coefficient (Wildman–Crippen LogP) is 4.39. The van der Waals surface area contributed by atoms with Gasteiger partial charge in [0.2, 0.25) is 5.91 Å². The second-order valence-electron chi connectivity index (χ2n) is 8.48. The average molecular weight is 440 g/mol. The molecule has 0 radical (unpaired) electrons. The van der Waals surface area contributed by atoms with Gasteiger partial charge in [-0.2, -0.15) is 0 Å². The van der Waals surface area contributed by atoms with Crippen molar-refractivity contribution in [2.24, 2.45) is 5.92 Å². The average Bonchev–Trinajstić information content (AvgIpc) is 3.00. The Morgan fingerprint density at radius 3 is 2.52 bits per heavy atom. The maximum absolute atomic E-state index is 13.5. The largest absolute Gasteiger partial charge is 0.337 e. The van der Waals surface area contributed by atoms with Crippen LogP contribution in [0.1, 0.15) is 21.5 Å². The minimum absolute atomic E-state index is 0.0672. The number of carbonyl (C=O) groups excluding carboxylic acids is 2. The molecule has 5 heteroatoms. The molecule has 4 rings (SSSR count). The molecular weight excluding hydrogens is 410 g/mol. The Morgan fingerprint density at radius 1 is 1.06 bits per heavy atom. The Balaban J connectivity index is 1.64. The number of amides is 2. The van der Waals surface area contributed by atoms with Gasteiger partial charge < -0.3 is 9.80 Å². The Hall–Kier alpha value is -3.73. The molecule has 0 aliphatic carbocycles. The lowest BCUT2D eigenvalue weighted by molar-refractivity contribution is -0.134. The van der Waals surface area contributed by atoms with Crippen molar-refractivity contribution in [2.75, 3.05) is 26.2 Å². The van der Waals surface area contributed by atoms with Gasteiger partial charge in [0.1, 0.15) is 0 Å². The quantitative estimate of drug-likeness (QED) is 0.536. The number of pyridine rings is 1. The van der Waals surface area contributed by atoms with Gasteiger partial charge in [-0.25, -0.2) is 0 Å². The third-order valence-electron chi connectivity index (χ3n) is 6.15. The van der Waals surface area contributed by atoms with Crippen LogP contribution in [0.4, 0.5) is 0 Å². The van der Waals surface area contributed by atoms with Crippen LogP contribution in [0, 0.1) is 12.8 Å². The fourth-order valence-electron chi connectivity index (χ4n) is 4.37. The van der Waals surface area contributed by atoms with E-state index < -0.39 is 0 Å². The van der Waals surface area contributed by atoms with Crippen LogP contribution in [0.5, 0.6) is 0 Å². The monoisotopic (exact) mass is 439 g/mol. The molecule has 2 amide bonds. The van der Waals surface area contributed by atoms with Gasteiger partial charge in [0, 0.05) is 44.1 Å². The summed E-state index contributed by atoms with van der Waals surface area (Å²) in [6.45, 7) is 7.74. The van der Waals surface area contributed by atoms with Crippen molar-refractivity contribution < 1.29 is 9.59 Å². The van der Waals surface area contributed by atoms with Crippen LogP contribution in [0.15, 0.2) is 85.7 Å². The lowest BCUT2D eigenvalue weighted by atomic mass is 9.91. The van der Waals surface area contributed by atoms with Crippen molar-refractivity contribution in [3.63, 3.8) is 0 Å². The molecule has 1 aliphatic heterocycles. The van der Waals surface area contributed by atoms with Crippen molar-refractivity contribution in [3.8, 4) is 11.1 Å². The van der Waals surface area contributed by atoms with Gasteiger partial charge in [-0.05, 0) is 42.2 Å². The van der Waals surface area contributed by atoms with Gasteiger partial charge in [-0.15, -0.1) is 6.58 Å². The van der Waals surface area contributed by atoms with Crippen LogP contribution in [0.2, 0.25) is 0 Å². The SMILES string of the molecule is C=CCN1CCN(C(=O)c2ccncc2)C[C@@H](Cc2ccccc2-c2ccc(C)cc2)C1=O. The van der Waals surface area contributed by atoms with Crippen LogP contribution in [0.25, 0.3) is 11.1 Å². The summed E-state index contributed by atoms with van der Waals surface area (Å²) in [5.74, 6) is -0.328. The zero-order valence-corrected chi connectivity index (χ0v) is 19.0.